The third-order valence-electron chi connectivity index (χ3n) is 3.50. The first-order valence-corrected chi connectivity index (χ1v) is 6.69. The average molecular weight is 352 g/mol. The summed E-state index contributed by atoms with van der Waals surface area (Å²) in [4.78, 5) is 22.0. The molecule has 2 aliphatic heterocycles. The van der Waals surface area contributed by atoms with Gasteiger partial charge in [0.25, 0.3) is 0 Å². The Morgan fingerprint density at radius 2 is 1.62 bits per heavy atom. The van der Waals surface area contributed by atoms with Gasteiger partial charge in [-0.2, -0.15) is 0 Å². The van der Waals surface area contributed by atoms with Crippen molar-refractivity contribution in [2.24, 2.45) is 0 Å². The highest BCUT2D eigenvalue weighted by atomic mass is 16.7. The normalized spacial score (nSPS) is 42.8. The molecule has 0 aromatic rings. The number of carboxylic acid groups (broad SMARTS) is 2. The standard InChI is InChI=1S/C12H16O12/c13-2-1-3(9(17)18)22-12(4(2)14)24-7-5(15)6(16)11(21)23-8(7)10(19)20/h1-2,4-8,11-16,21H,(H,17,18)(H,19,20)/t2-,4+,5+,6+,7+,8-,11+,12+/m0/s1. The van der Waals surface area contributed by atoms with E-state index in [1.807, 2.05) is 0 Å². The SMILES string of the molecule is O=C(O)C1=C[C@H](O)[C@@H](O)[C@@H](O[C@@H]2[C@H](O)[C@@H](O)[C@H](O)O[C@@H]2C(=O)O)O1. The maximum Gasteiger partial charge on any atom is 0.371 e. The molecule has 24 heavy (non-hydrogen) atoms. The number of carbonyl (C=O) groups is 2. The van der Waals surface area contributed by atoms with Crippen molar-refractivity contribution in [3.63, 3.8) is 0 Å². The highest BCUT2D eigenvalue weighted by molar-refractivity contribution is 5.84. The summed E-state index contributed by atoms with van der Waals surface area (Å²) in [5.41, 5.74) is 0. The lowest BCUT2D eigenvalue weighted by atomic mass is 9.98. The lowest BCUT2D eigenvalue weighted by Gasteiger charge is -2.41. The molecule has 0 amide bonds. The molecule has 2 heterocycles. The second-order valence-electron chi connectivity index (χ2n) is 5.17. The first kappa shape index (κ1) is 18.5. The molecule has 12 heteroatoms. The van der Waals surface area contributed by atoms with Crippen LogP contribution in [0.4, 0.5) is 0 Å². The molecule has 8 atom stereocenters. The van der Waals surface area contributed by atoms with Crippen molar-refractivity contribution < 1.29 is 59.5 Å². The molecule has 0 aromatic carbocycles. The number of aliphatic hydroxyl groups is 5. The highest BCUT2D eigenvalue weighted by Crippen LogP contribution is 2.27. The Kier molecular flexibility index (Phi) is 5.39. The van der Waals surface area contributed by atoms with Gasteiger partial charge in [0.1, 0.15) is 30.5 Å². The minimum absolute atomic E-state index is 0.702. The lowest BCUT2D eigenvalue weighted by Crippen LogP contribution is -2.62. The molecule has 0 radical (unpaired) electrons. The van der Waals surface area contributed by atoms with Crippen LogP contribution in [0, 0.1) is 0 Å². The summed E-state index contributed by atoms with van der Waals surface area (Å²) in [5.74, 6) is -4.01. The molecule has 2 aliphatic rings. The van der Waals surface area contributed by atoms with Crippen molar-refractivity contribution in [1.82, 2.24) is 0 Å². The fourth-order valence-electron chi connectivity index (χ4n) is 2.23. The Labute approximate surface area is 133 Å². The largest absolute Gasteiger partial charge is 0.479 e. The summed E-state index contributed by atoms with van der Waals surface area (Å²) >= 11 is 0. The number of carboxylic acids is 2. The Balaban J connectivity index is 2.21. The van der Waals surface area contributed by atoms with E-state index in [4.69, 9.17) is 19.7 Å². The first-order valence-electron chi connectivity index (χ1n) is 6.69. The van der Waals surface area contributed by atoms with Gasteiger partial charge in [-0.3, -0.25) is 0 Å². The topological polar surface area (TPSA) is 203 Å². The number of aliphatic carboxylic acids is 2. The van der Waals surface area contributed by atoms with Gasteiger partial charge in [-0.25, -0.2) is 9.59 Å². The molecule has 0 spiro atoms. The minimum atomic E-state index is -2.00. The summed E-state index contributed by atoms with van der Waals surface area (Å²) in [7, 11) is 0. The molecule has 1 saturated heterocycles. The van der Waals surface area contributed by atoms with Crippen LogP contribution in [-0.2, 0) is 23.8 Å². The van der Waals surface area contributed by atoms with Gasteiger partial charge in [0.2, 0.25) is 12.0 Å². The number of hydrogen-bond acceptors (Lipinski definition) is 10. The monoisotopic (exact) mass is 352 g/mol. The van der Waals surface area contributed by atoms with Crippen molar-refractivity contribution in [1.29, 1.82) is 0 Å². The van der Waals surface area contributed by atoms with E-state index in [9.17, 15) is 35.1 Å². The number of ether oxygens (including phenoxy) is 3. The van der Waals surface area contributed by atoms with E-state index in [0.29, 0.717) is 6.08 Å². The average Bonchev–Trinajstić information content (AvgIpc) is 2.51. The molecule has 2 rings (SSSR count). The summed E-state index contributed by atoms with van der Waals surface area (Å²) in [5, 5.41) is 66.0. The molecule has 1 fully saturated rings. The Morgan fingerprint density at radius 1 is 1.00 bits per heavy atom. The second-order valence-corrected chi connectivity index (χ2v) is 5.17. The van der Waals surface area contributed by atoms with Gasteiger partial charge in [-0.1, -0.05) is 0 Å². The first-order chi connectivity index (χ1) is 11.1. The third kappa shape index (κ3) is 3.49. The number of rotatable bonds is 4. The van der Waals surface area contributed by atoms with Gasteiger partial charge in [-0.05, 0) is 6.08 Å². The van der Waals surface area contributed by atoms with E-state index < -0.39 is 66.9 Å². The molecule has 12 nitrogen and oxygen atoms in total. The van der Waals surface area contributed by atoms with Crippen molar-refractivity contribution in [2.75, 3.05) is 0 Å². The zero-order chi connectivity index (χ0) is 18.2. The second kappa shape index (κ2) is 6.98. The molecule has 0 bridgehead atoms. The lowest BCUT2D eigenvalue weighted by molar-refractivity contribution is -0.319. The van der Waals surface area contributed by atoms with E-state index in [2.05, 4.69) is 4.74 Å². The van der Waals surface area contributed by atoms with Crippen LogP contribution < -0.4 is 0 Å². The fourth-order valence-corrected chi connectivity index (χ4v) is 2.23. The van der Waals surface area contributed by atoms with Gasteiger partial charge >= 0.3 is 11.9 Å². The Bertz CT molecular complexity index is 532. The van der Waals surface area contributed by atoms with Crippen LogP contribution in [0.5, 0.6) is 0 Å². The summed E-state index contributed by atoms with van der Waals surface area (Å²) in [6, 6.07) is 0. The van der Waals surface area contributed by atoms with Crippen LogP contribution in [0.15, 0.2) is 11.8 Å². The van der Waals surface area contributed by atoms with Crippen molar-refractivity contribution >= 4 is 11.9 Å². The predicted molar refractivity (Wildman–Crippen MR) is 68.0 cm³/mol. The van der Waals surface area contributed by atoms with Gasteiger partial charge in [-0.15, -0.1) is 0 Å². The van der Waals surface area contributed by atoms with Crippen LogP contribution in [0.3, 0.4) is 0 Å². The van der Waals surface area contributed by atoms with Crippen molar-refractivity contribution in [2.45, 2.75) is 49.2 Å². The third-order valence-corrected chi connectivity index (χ3v) is 3.50. The molecule has 0 saturated carbocycles. The van der Waals surface area contributed by atoms with E-state index in [-0.39, 0.29) is 0 Å². The molecule has 136 valence electrons. The van der Waals surface area contributed by atoms with E-state index in [1.54, 1.807) is 0 Å². The molecular weight excluding hydrogens is 336 g/mol. The van der Waals surface area contributed by atoms with E-state index in [0.717, 1.165) is 0 Å². The summed E-state index contributed by atoms with van der Waals surface area (Å²) < 4.78 is 14.4. The highest BCUT2D eigenvalue weighted by Gasteiger charge is 2.50. The zero-order valence-corrected chi connectivity index (χ0v) is 11.9. The summed E-state index contributed by atoms with van der Waals surface area (Å²) in [6.07, 6.45) is -14.3. The minimum Gasteiger partial charge on any atom is -0.479 e. The maximum atomic E-state index is 11.2. The molecule has 7 N–H and O–H groups in total. The molecule has 0 aliphatic carbocycles. The smallest absolute Gasteiger partial charge is 0.371 e. The van der Waals surface area contributed by atoms with Crippen LogP contribution >= 0.6 is 0 Å². The maximum absolute atomic E-state index is 11.2. The molecular formula is C12H16O12. The van der Waals surface area contributed by atoms with Crippen molar-refractivity contribution in [3.05, 3.63) is 11.8 Å². The summed E-state index contributed by atoms with van der Waals surface area (Å²) in [6.45, 7) is 0. The number of aliphatic hydroxyl groups excluding tert-OH is 5. The predicted octanol–water partition coefficient (Wildman–Crippen LogP) is -4.06. The van der Waals surface area contributed by atoms with Crippen LogP contribution in [0.25, 0.3) is 0 Å². The van der Waals surface area contributed by atoms with Gasteiger partial charge in [0.05, 0.1) is 0 Å². The van der Waals surface area contributed by atoms with E-state index >= 15 is 0 Å². The van der Waals surface area contributed by atoms with Gasteiger partial charge in [0.15, 0.2) is 12.4 Å². The molecule has 0 aromatic heterocycles. The van der Waals surface area contributed by atoms with E-state index in [1.165, 1.54) is 0 Å². The fraction of sp³-hybridized carbons (Fsp3) is 0.667. The quantitative estimate of drug-likeness (QED) is 0.258. The van der Waals surface area contributed by atoms with Crippen LogP contribution in [0.1, 0.15) is 0 Å². The van der Waals surface area contributed by atoms with Crippen molar-refractivity contribution in [3.8, 4) is 0 Å². The molecule has 0 unspecified atom stereocenters. The van der Waals surface area contributed by atoms with Crippen LogP contribution in [-0.4, -0.2) is 96.9 Å². The van der Waals surface area contributed by atoms with Crippen LogP contribution in [0.2, 0.25) is 0 Å². The zero-order valence-electron chi connectivity index (χ0n) is 11.9. The van der Waals surface area contributed by atoms with Gasteiger partial charge in [0, 0.05) is 0 Å². The number of hydrogen-bond donors (Lipinski definition) is 7. The Hall–Kier alpha value is -1.80. The Morgan fingerprint density at radius 3 is 2.17 bits per heavy atom. The van der Waals surface area contributed by atoms with Gasteiger partial charge < -0.3 is 50.0 Å².